The first kappa shape index (κ1) is 17.8. The molecule has 0 saturated carbocycles. The highest BCUT2D eigenvalue weighted by Gasteiger charge is 2.19. The lowest BCUT2D eigenvalue weighted by molar-refractivity contribution is 0.0907. The number of furan rings is 1. The summed E-state index contributed by atoms with van der Waals surface area (Å²) in [5.41, 5.74) is 2.74. The van der Waals surface area contributed by atoms with Crippen LogP contribution < -0.4 is 10.1 Å². The molecule has 0 radical (unpaired) electrons. The average Bonchev–Trinajstić information content (AvgIpc) is 3.28. The Morgan fingerprint density at radius 2 is 2.04 bits per heavy atom. The number of carbonyl (C=O) groups is 1. The minimum atomic E-state index is -0.339. The van der Waals surface area contributed by atoms with Crippen LogP contribution in [0, 0.1) is 6.92 Å². The quantitative estimate of drug-likeness (QED) is 0.710. The van der Waals surface area contributed by atoms with Gasteiger partial charge in [-0.25, -0.2) is 4.68 Å². The monoisotopic (exact) mass is 355 g/mol. The maximum atomic E-state index is 12.3. The summed E-state index contributed by atoms with van der Waals surface area (Å²) in [4.78, 5) is 12.3. The largest absolute Gasteiger partial charge is 0.497 e. The van der Waals surface area contributed by atoms with E-state index < -0.39 is 0 Å². The van der Waals surface area contributed by atoms with Crippen molar-refractivity contribution in [3.05, 3.63) is 65.4 Å². The molecular formula is C19H21N3O4. The van der Waals surface area contributed by atoms with Crippen molar-refractivity contribution in [1.29, 1.82) is 0 Å². The topological polar surface area (TPSA) is 89.5 Å². The summed E-state index contributed by atoms with van der Waals surface area (Å²) >= 11 is 0. The van der Waals surface area contributed by atoms with Crippen LogP contribution >= 0.6 is 0 Å². The zero-order chi connectivity index (χ0) is 18.7. The van der Waals surface area contributed by atoms with E-state index in [1.165, 1.54) is 0 Å². The van der Waals surface area contributed by atoms with E-state index in [2.05, 4.69) is 10.4 Å². The van der Waals surface area contributed by atoms with Gasteiger partial charge in [0.15, 0.2) is 5.76 Å². The number of hydrogen-bond donors (Lipinski definition) is 2. The average molecular weight is 355 g/mol. The first-order chi connectivity index (χ1) is 12.5. The number of nitrogens with one attached hydrogen (secondary N) is 1. The Bertz CT molecular complexity index is 896. The Kier molecular flexibility index (Phi) is 5.09. The fraction of sp³-hybridized carbons (Fsp3) is 0.263. The van der Waals surface area contributed by atoms with Gasteiger partial charge in [0.25, 0.3) is 5.91 Å². The second-order valence-corrected chi connectivity index (χ2v) is 5.91. The molecule has 1 amide bonds. The van der Waals surface area contributed by atoms with Gasteiger partial charge in [-0.05, 0) is 50.2 Å². The molecule has 136 valence electrons. The predicted octanol–water partition coefficient (Wildman–Crippen LogP) is 2.77. The predicted molar refractivity (Wildman–Crippen MR) is 95.4 cm³/mol. The maximum absolute atomic E-state index is 12.3. The van der Waals surface area contributed by atoms with Crippen molar-refractivity contribution >= 4 is 5.91 Å². The van der Waals surface area contributed by atoms with Gasteiger partial charge in [0.1, 0.15) is 18.1 Å². The fourth-order valence-electron chi connectivity index (χ4n) is 2.76. The maximum Gasteiger partial charge on any atom is 0.287 e. The van der Waals surface area contributed by atoms with E-state index in [0.717, 1.165) is 22.7 Å². The Morgan fingerprint density at radius 3 is 2.65 bits per heavy atom. The number of aliphatic hydroxyl groups excluding tert-OH is 1. The van der Waals surface area contributed by atoms with Crippen molar-refractivity contribution in [1.82, 2.24) is 15.1 Å². The lowest BCUT2D eigenvalue weighted by atomic mass is 10.1. The minimum Gasteiger partial charge on any atom is -0.497 e. The normalized spacial score (nSPS) is 12.0. The molecule has 1 unspecified atom stereocenters. The van der Waals surface area contributed by atoms with Gasteiger partial charge in [-0.2, -0.15) is 5.10 Å². The van der Waals surface area contributed by atoms with E-state index >= 15 is 0 Å². The van der Waals surface area contributed by atoms with Gasteiger partial charge < -0.3 is 19.6 Å². The Hall–Kier alpha value is -3.06. The molecule has 3 rings (SSSR count). The SMILES string of the molecule is COc1ccc(-n2ncc(C(C)NC(=O)c3ccc(CO)o3)c2C)cc1. The van der Waals surface area contributed by atoms with E-state index in [0.29, 0.717) is 5.76 Å². The van der Waals surface area contributed by atoms with Crippen LogP contribution in [-0.2, 0) is 6.61 Å². The minimum absolute atomic E-state index is 0.168. The molecule has 7 nitrogen and oxygen atoms in total. The van der Waals surface area contributed by atoms with Crippen LogP contribution in [0.3, 0.4) is 0 Å². The molecular weight excluding hydrogens is 334 g/mol. The Morgan fingerprint density at radius 1 is 1.31 bits per heavy atom. The van der Waals surface area contributed by atoms with Gasteiger partial charge in [-0.15, -0.1) is 0 Å². The van der Waals surface area contributed by atoms with E-state index in [-0.39, 0.29) is 24.3 Å². The van der Waals surface area contributed by atoms with Gasteiger partial charge in [0, 0.05) is 11.3 Å². The molecule has 1 atom stereocenters. The van der Waals surface area contributed by atoms with Gasteiger partial charge >= 0.3 is 0 Å². The number of aliphatic hydroxyl groups is 1. The number of benzene rings is 1. The molecule has 3 aromatic rings. The highest BCUT2D eigenvalue weighted by atomic mass is 16.5. The molecule has 0 bridgehead atoms. The van der Waals surface area contributed by atoms with Crippen LogP contribution in [0.1, 0.15) is 40.5 Å². The summed E-state index contributed by atoms with van der Waals surface area (Å²) in [7, 11) is 1.62. The van der Waals surface area contributed by atoms with Crippen LogP contribution in [-0.4, -0.2) is 27.9 Å². The summed E-state index contributed by atoms with van der Waals surface area (Å²) < 4.78 is 12.2. The van der Waals surface area contributed by atoms with E-state index in [4.69, 9.17) is 14.3 Å². The lowest BCUT2D eigenvalue weighted by Gasteiger charge is -2.13. The molecule has 0 spiro atoms. The smallest absolute Gasteiger partial charge is 0.287 e. The first-order valence-electron chi connectivity index (χ1n) is 8.23. The van der Waals surface area contributed by atoms with Crippen LogP contribution in [0.15, 0.2) is 47.0 Å². The summed E-state index contributed by atoms with van der Waals surface area (Å²) in [6.07, 6.45) is 1.74. The molecule has 1 aromatic carbocycles. The molecule has 0 aliphatic rings. The first-order valence-corrected chi connectivity index (χ1v) is 8.23. The third kappa shape index (κ3) is 3.48. The summed E-state index contributed by atoms with van der Waals surface area (Å²) in [5.74, 6) is 0.960. The zero-order valence-electron chi connectivity index (χ0n) is 14.9. The van der Waals surface area contributed by atoms with Crippen molar-refractivity contribution in [3.63, 3.8) is 0 Å². The molecule has 2 aromatic heterocycles. The number of hydrogen-bond acceptors (Lipinski definition) is 5. The van der Waals surface area contributed by atoms with Gasteiger partial charge in [0.05, 0.1) is 25.0 Å². The van der Waals surface area contributed by atoms with Crippen LogP contribution in [0.4, 0.5) is 0 Å². The number of rotatable bonds is 6. The zero-order valence-corrected chi connectivity index (χ0v) is 14.9. The molecule has 0 aliphatic carbocycles. The van der Waals surface area contributed by atoms with Crippen molar-refractivity contribution < 1.29 is 19.1 Å². The number of aromatic nitrogens is 2. The second kappa shape index (κ2) is 7.45. The number of carbonyl (C=O) groups excluding carboxylic acids is 1. The van der Waals surface area contributed by atoms with Crippen molar-refractivity contribution in [3.8, 4) is 11.4 Å². The van der Waals surface area contributed by atoms with Crippen LogP contribution in [0.2, 0.25) is 0 Å². The Labute approximate surface area is 151 Å². The molecule has 0 saturated heterocycles. The molecule has 26 heavy (non-hydrogen) atoms. The molecule has 7 heteroatoms. The number of nitrogens with zero attached hydrogens (tertiary/aromatic N) is 2. The van der Waals surface area contributed by atoms with Crippen molar-refractivity contribution in [2.24, 2.45) is 0 Å². The summed E-state index contributed by atoms with van der Waals surface area (Å²) in [6, 6.07) is 10.5. The number of amides is 1. The van der Waals surface area contributed by atoms with E-state index in [9.17, 15) is 4.79 Å². The molecule has 0 aliphatic heterocycles. The third-order valence-corrected chi connectivity index (χ3v) is 4.22. The van der Waals surface area contributed by atoms with Gasteiger partial charge in [0.2, 0.25) is 0 Å². The van der Waals surface area contributed by atoms with Crippen molar-refractivity contribution in [2.45, 2.75) is 26.5 Å². The molecule has 2 heterocycles. The summed E-state index contributed by atoms with van der Waals surface area (Å²) in [5, 5.41) is 16.3. The van der Waals surface area contributed by atoms with Gasteiger partial charge in [-0.1, -0.05) is 0 Å². The van der Waals surface area contributed by atoms with Crippen LogP contribution in [0.25, 0.3) is 5.69 Å². The summed E-state index contributed by atoms with van der Waals surface area (Å²) in [6.45, 7) is 3.60. The van der Waals surface area contributed by atoms with E-state index in [1.807, 2.05) is 42.8 Å². The van der Waals surface area contributed by atoms with Crippen LogP contribution in [0.5, 0.6) is 5.75 Å². The highest BCUT2D eigenvalue weighted by Crippen LogP contribution is 2.22. The highest BCUT2D eigenvalue weighted by molar-refractivity contribution is 5.91. The van der Waals surface area contributed by atoms with E-state index in [1.54, 1.807) is 25.4 Å². The molecule has 0 fully saturated rings. The fourth-order valence-corrected chi connectivity index (χ4v) is 2.76. The van der Waals surface area contributed by atoms with Crippen molar-refractivity contribution in [2.75, 3.05) is 7.11 Å². The number of methoxy groups -OCH3 is 1. The molecule has 2 N–H and O–H groups in total. The Balaban J connectivity index is 1.76. The third-order valence-electron chi connectivity index (χ3n) is 4.22. The lowest BCUT2D eigenvalue weighted by Crippen LogP contribution is -2.26. The standard InChI is InChI=1S/C19H21N3O4/c1-12(21-19(24)18-9-8-16(11-23)26-18)17-10-20-22(13(17)2)14-4-6-15(25-3)7-5-14/h4-10,12,23H,11H2,1-3H3,(H,21,24). The van der Waals surface area contributed by atoms with Gasteiger partial charge in [-0.3, -0.25) is 4.79 Å². The second-order valence-electron chi connectivity index (χ2n) is 5.91. The number of ether oxygens (including phenoxy) is 1.